The molecule has 174 valence electrons. The number of carbonyl (C=O) groups is 2. The maximum atomic E-state index is 12.5. The third-order valence-electron chi connectivity index (χ3n) is 4.53. The SMILES string of the molecule is COc1ccccc1NC(=O)Nc1cc(NC(=O)Cn2cc(C#N)c(=O)[nH]c2=O)ccc1OC. The molecule has 12 heteroatoms. The van der Waals surface area contributed by atoms with E-state index in [1.807, 2.05) is 4.98 Å². The quantitative estimate of drug-likeness (QED) is 0.413. The molecule has 0 fully saturated rings. The molecule has 1 aromatic heterocycles. The number of amides is 3. The van der Waals surface area contributed by atoms with Gasteiger partial charge in [-0.15, -0.1) is 0 Å². The zero-order chi connectivity index (χ0) is 24.7. The first kappa shape index (κ1) is 23.6. The highest BCUT2D eigenvalue weighted by molar-refractivity contribution is 6.02. The Kier molecular flexibility index (Phi) is 7.30. The van der Waals surface area contributed by atoms with Gasteiger partial charge in [-0.05, 0) is 30.3 Å². The minimum Gasteiger partial charge on any atom is -0.495 e. The molecule has 0 bridgehead atoms. The topological polar surface area (TPSA) is 167 Å². The molecule has 3 aromatic rings. The van der Waals surface area contributed by atoms with E-state index in [-0.39, 0.29) is 11.3 Å². The van der Waals surface area contributed by atoms with Crippen LogP contribution >= 0.6 is 0 Å². The maximum Gasteiger partial charge on any atom is 0.328 e. The van der Waals surface area contributed by atoms with E-state index in [1.165, 1.54) is 32.4 Å². The maximum absolute atomic E-state index is 12.5. The van der Waals surface area contributed by atoms with Gasteiger partial charge in [0.15, 0.2) is 0 Å². The van der Waals surface area contributed by atoms with E-state index in [4.69, 9.17) is 14.7 Å². The molecule has 0 saturated heterocycles. The van der Waals surface area contributed by atoms with Gasteiger partial charge in [-0.2, -0.15) is 5.26 Å². The van der Waals surface area contributed by atoms with Crippen molar-refractivity contribution in [1.82, 2.24) is 9.55 Å². The Morgan fingerprint density at radius 3 is 2.38 bits per heavy atom. The molecule has 3 rings (SSSR count). The van der Waals surface area contributed by atoms with Crippen LogP contribution in [0.5, 0.6) is 11.5 Å². The molecule has 34 heavy (non-hydrogen) atoms. The summed E-state index contributed by atoms with van der Waals surface area (Å²) >= 11 is 0. The lowest BCUT2D eigenvalue weighted by molar-refractivity contribution is -0.116. The number of rotatable bonds is 7. The van der Waals surface area contributed by atoms with Crippen molar-refractivity contribution in [3.8, 4) is 17.6 Å². The number of H-pyrrole nitrogens is 1. The van der Waals surface area contributed by atoms with Crippen molar-refractivity contribution in [3.63, 3.8) is 0 Å². The molecule has 1 heterocycles. The Bertz CT molecular complexity index is 1390. The van der Waals surface area contributed by atoms with Crippen LogP contribution in [0.4, 0.5) is 21.9 Å². The number of anilines is 3. The van der Waals surface area contributed by atoms with Gasteiger partial charge in [0.2, 0.25) is 5.91 Å². The van der Waals surface area contributed by atoms with Crippen LogP contribution in [0.2, 0.25) is 0 Å². The Balaban J connectivity index is 1.74. The molecule has 0 saturated carbocycles. The average molecular weight is 464 g/mol. The third kappa shape index (κ3) is 5.60. The Morgan fingerprint density at radius 2 is 1.68 bits per heavy atom. The van der Waals surface area contributed by atoms with Crippen LogP contribution in [-0.4, -0.2) is 35.7 Å². The van der Waals surface area contributed by atoms with Gasteiger partial charge < -0.3 is 25.4 Å². The Hall–Kier alpha value is -5.05. The number of nitrogens with one attached hydrogen (secondary N) is 4. The fraction of sp³-hybridized carbons (Fsp3) is 0.136. The predicted molar refractivity (Wildman–Crippen MR) is 123 cm³/mol. The molecule has 2 aromatic carbocycles. The van der Waals surface area contributed by atoms with Gasteiger partial charge in [0.1, 0.15) is 29.7 Å². The second-order valence-electron chi connectivity index (χ2n) is 6.78. The number of urea groups is 1. The van der Waals surface area contributed by atoms with Crippen molar-refractivity contribution in [3.05, 3.63) is 75.1 Å². The average Bonchev–Trinajstić information content (AvgIpc) is 2.81. The van der Waals surface area contributed by atoms with Crippen molar-refractivity contribution in [1.29, 1.82) is 5.26 Å². The van der Waals surface area contributed by atoms with Crippen molar-refractivity contribution in [2.24, 2.45) is 0 Å². The minimum atomic E-state index is -0.832. The normalized spacial score (nSPS) is 10.0. The number of nitriles is 1. The zero-order valence-electron chi connectivity index (χ0n) is 18.2. The second kappa shape index (κ2) is 10.5. The molecule has 0 aliphatic rings. The van der Waals surface area contributed by atoms with Crippen LogP contribution < -0.4 is 36.7 Å². The Labute approximate surface area is 192 Å². The molecule has 0 atom stereocenters. The molecule has 4 N–H and O–H groups in total. The van der Waals surface area contributed by atoms with E-state index >= 15 is 0 Å². The lowest BCUT2D eigenvalue weighted by Crippen LogP contribution is -2.34. The van der Waals surface area contributed by atoms with Crippen LogP contribution in [0.3, 0.4) is 0 Å². The fourth-order valence-electron chi connectivity index (χ4n) is 2.97. The summed E-state index contributed by atoms with van der Waals surface area (Å²) in [7, 11) is 2.90. The number of hydrogen-bond donors (Lipinski definition) is 4. The van der Waals surface area contributed by atoms with E-state index in [1.54, 1.807) is 30.3 Å². The zero-order valence-corrected chi connectivity index (χ0v) is 18.2. The number of aromatic nitrogens is 2. The Morgan fingerprint density at radius 1 is 1.00 bits per heavy atom. The number of aromatic amines is 1. The molecular formula is C22H20N6O6. The summed E-state index contributed by atoms with van der Waals surface area (Å²) in [6.07, 6.45) is 1.00. The van der Waals surface area contributed by atoms with Crippen LogP contribution in [0.1, 0.15) is 5.56 Å². The van der Waals surface area contributed by atoms with Gasteiger partial charge in [0.05, 0.1) is 25.6 Å². The van der Waals surface area contributed by atoms with Crippen LogP contribution in [-0.2, 0) is 11.3 Å². The van der Waals surface area contributed by atoms with Gasteiger partial charge in [-0.3, -0.25) is 19.1 Å². The standard InChI is InChI=1S/C22H20N6O6/c1-33-17-6-4-3-5-15(17)25-21(31)26-16-9-14(7-8-18(16)34-2)24-19(29)12-28-11-13(10-23)20(30)27-22(28)32/h3-9,11H,12H2,1-2H3,(H,24,29)(H2,25,26,31)(H,27,30,32). The van der Waals surface area contributed by atoms with Crippen molar-refractivity contribution in [2.45, 2.75) is 6.54 Å². The highest BCUT2D eigenvalue weighted by Gasteiger charge is 2.13. The predicted octanol–water partition coefficient (Wildman–Crippen LogP) is 1.71. The van der Waals surface area contributed by atoms with Crippen molar-refractivity contribution < 1.29 is 19.1 Å². The smallest absolute Gasteiger partial charge is 0.328 e. The second-order valence-corrected chi connectivity index (χ2v) is 6.78. The summed E-state index contributed by atoms with van der Waals surface area (Å²) in [6, 6.07) is 12.5. The highest BCUT2D eigenvalue weighted by Crippen LogP contribution is 2.29. The van der Waals surface area contributed by atoms with E-state index in [0.29, 0.717) is 22.9 Å². The number of hydrogen-bond acceptors (Lipinski definition) is 7. The van der Waals surface area contributed by atoms with E-state index in [2.05, 4.69) is 16.0 Å². The van der Waals surface area contributed by atoms with Gasteiger partial charge >= 0.3 is 11.7 Å². The monoisotopic (exact) mass is 464 g/mol. The molecular weight excluding hydrogens is 444 g/mol. The molecule has 0 aliphatic carbocycles. The van der Waals surface area contributed by atoms with E-state index in [0.717, 1.165) is 10.8 Å². The minimum absolute atomic E-state index is 0.265. The molecule has 0 radical (unpaired) electrons. The lowest BCUT2D eigenvalue weighted by Gasteiger charge is -2.14. The summed E-state index contributed by atoms with van der Waals surface area (Å²) in [5.74, 6) is 0.207. The molecule has 0 unspecified atom stereocenters. The molecule has 0 aliphatic heterocycles. The summed E-state index contributed by atoms with van der Waals surface area (Å²) in [5.41, 5.74) is -0.943. The number of methoxy groups -OCH3 is 2. The number of benzene rings is 2. The number of nitrogens with zero attached hydrogens (tertiary/aromatic N) is 2. The van der Waals surface area contributed by atoms with Gasteiger partial charge in [0.25, 0.3) is 5.56 Å². The van der Waals surface area contributed by atoms with Gasteiger partial charge in [0, 0.05) is 11.9 Å². The number of ether oxygens (including phenoxy) is 2. The number of carbonyl (C=O) groups excluding carboxylic acids is 2. The third-order valence-corrected chi connectivity index (χ3v) is 4.53. The fourth-order valence-corrected chi connectivity index (χ4v) is 2.97. The first-order valence-corrected chi connectivity index (χ1v) is 9.77. The highest BCUT2D eigenvalue weighted by atomic mass is 16.5. The molecule has 3 amide bonds. The summed E-state index contributed by atoms with van der Waals surface area (Å²) in [5, 5.41) is 16.8. The van der Waals surface area contributed by atoms with Crippen LogP contribution in [0.15, 0.2) is 58.3 Å². The summed E-state index contributed by atoms with van der Waals surface area (Å²) in [4.78, 5) is 50.3. The van der Waals surface area contributed by atoms with Crippen LogP contribution in [0.25, 0.3) is 0 Å². The lowest BCUT2D eigenvalue weighted by atomic mass is 10.2. The number of para-hydroxylation sites is 2. The molecule has 0 spiro atoms. The van der Waals surface area contributed by atoms with Crippen molar-refractivity contribution >= 4 is 29.0 Å². The van der Waals surface area contributed by atoms with E-state index < -0.39 is 29.7 Å². The first-order valence-electron chi connectivity index (χ1n) is 9.77. The van der Waals surface area contributed by atoms with Gasteiger partial charge in [-0.25, -0.2) is 9.59 Å². The van der Waals surface area contributed by atoms with Crippen molar-refractivity contribution in [2.75, 3.05) is 30.2 Å². The first-order chi connectivity index (χ1) is 16.3. The summed E-state index contributed by atoms with van der Waals surface area (Å²) in [6.45, 7) is -0.451. The van der Waals surface area contributed by atoms with E-state index in [9.17, 15) is 19.2 Å². The molecule has 12 nitrogen and oxygen atoms in total. The largest absolute Gasteiger partial charge is 0.495 e. The summed E-state index contributed by atoms with van der Waals surface area (Å²) < 4.78 is 11.4. The van der Waals surface area contributed by atoms with Crippen LogP contribution in [0, 0.1) is 11.3 Å². The van der Waals surface area contributed by atoms with Gasteiger partial charge in [-0.1, -0.05) is 12.1 Å².